The maximum Gasteiger partial charge on any atom is 0.342 e. The molecular weight excluding hydrogens is 342 g/mol. The molecular formula is C17H27NO6Si. The number of carboxylic acids is 1. The molecule has 0 fully saturated rings. The molecule has 0 saturated carbocycles. The topological polar surface area (TPSA) is 98.9 Å². The predicted octanol–water partition coefficient (Wildman–Crippen LogP) is 4.86. The SMILES string of the molecule is COc1c(O[Si](C(C)C)(C(C)C)C(C)C)ccc(C(=O)O)c1[N+](=O)[O-]. The Bertz CT molecular complexity index is 635. The predicted molar refractivity (Wildman–Crippen MR) is 98.3 cm³/mol. The van der Waals surface area contributed by atoms with Crippen LogP contribution in [0.3, 0.4) is 0 Å². The van der Waals surface area contributed by atoms with E-state index in [1.54, 1.807) is 0 Å². The van der Waals surface area contributed by atoms with E-state index in [0.717, 1.165) is 0 Å². The molecule has 25 heavy (non-hydrogen) atoms. The molecule has 7 nitrogen and oxygen atoms in total. The first-order valence-electron chi connectivity index (χ1n) is 8.28. The van der Waals surface area contributed by atoms with Gasteiger partial charge in [0, 0.05) is 0 Å². The summed E-state index contributed by atoms with van der Waals surface area (Å²) in [4.78, 5) is 22.0. The van der Waals surface area contributed by atoms with Gasteiger partial charge in [-0.1, -0.05) is 41.5 Å². The lowest BCUT2D eigenvalue weighted by atomic mass is 10.1. The molecule has 0 aromatic heterocycles. The lowest BCUT2D eigenvalue weighted by molar-refractivity contribution is -0.386. The highest BCUT2D eigenvalue weighted by Crippen LogP contribution is 2.47. The number of ether oxygens (including phenoxy) is 1. The van der Waals surface area contributed by atoms with E-state index in [1.165, 1.54) is 19.2 Å². The van der Waals surface area contributed by atoms with Crippen LogP contribution in [0.15, 0.2) is 12.1 Å². The largest absolute Gasteiger partial charge is 0.540 e. The van der Waals surface area contributed by atoms with Crippen LogP contribution in [0, 0.1) is 10.1 Å². The Balaban J connectivity index is 3.64. The van der Waals surface area contributed by atoms with Crippen LogP contribution in [0.1, 0.15) is 51.9 Å². The van der Waals surface area contributed by atoms with Gasteiger partial charge < -0.3 is 14.3 Å². The second-order valence-corrected chi connectivity index (χ2v) is 12.4. The molecule has 0 heterocycles. The van der Waals surface area contributed by atoms with Crippen molar-refractivity contribution in [2.75, 3.05) is 7.11 Å². The van der Waals surface area contributed by atoms with Crippen molar-refractivity contribution in [3.8, 4) is 11.5 Å². The van der Waals surface area contributed by atoms with Crippen LogP contribution in [0.5, 0.6) is 11.5 Å². The molecule has 0 saturated heterocycles. The van der Waals surface area contributed by atoms with E-state index in [-0.39, 0.29) is 28.1 Å². The van der Waals surface area contributed by atoms with E-state index >= 15 is 0 Å². The number of hydrogen-bond acceptors (Lipinski definition) is 5. The highest BCUT2D eigenvalue weighted by atomic mass is 28.4. The zero-order chi connectivity index (χ0) is 19.5. The van der Waals surface area contributed by atoms with Crippen molar-refractivity contribution in [3.05, 3.63) is 27.8 Å². The van der Waals surface area contributed by atoms with E-state index in [2.05, 4.69) is 41.5 Å². The van der Waals surface area contributed by atoms with Crippen LogP contribution < -0.4 is 9.16 Å². The number of aromatic carboxylic acids is 1. The molecule has 0 atom stereocenters. The fourth-order valence-corrected chi connectivity index (χ4v) is 8.98. The monoisotopic (exact) mass is 369 g/mol. The number of methoxy groups -OCH3 is 1. The molecule has 0 unspecified atom stereocenters. The number of carboxylic acid groups (broad SMARTS) is 1. The molecule has 0 spiro atoms. The first-order valence-corrected chi connectivity index (χ1v) is 10.4. The van der Waals surface area contributed by atoms with Crippen molar-refractivity contribution >= 4 is 20.0 Å². The molecule has 0 aliphatic rings. The summed E-state index contributed by atoms with van der Waals surface area (Å²) in [7, 11) is -1.09. The first kappa shape index (κ1) is 21.0. The van der Waals surface area contributed by atoms with Gasteiger partial charge in [-0.25, -0.2) is 4.79 Å². The average molecular weight is 369 g/mol. The highest BCUT2D eigenvalue weighted by Gasteiger charge is 2.48. The van der Waals surface area contributed by atoms with Gasteiger partial charge in [-0.3, -0.25) is 10.1 Å². The van der Waals surface area contributed by atoms with Crippen LogP contribution in [0.2, 0.25) is 16.6 Å². The third kappa shape index (κ3) is 3.78. The van der Waals surface area contributed by atoms with Gasteiger partial charge in [0.25, 0.3) is 8.32 Å². The molecule has 140 valence electrons. The third-order valence-electron chi connectivity index (χ3n) is 4.71. The van der Waals surface area contributed by atoms with Crippen molar-refractivity contribution in [1.29, 1.82) is 0 Å². The smallest absolute Gasteiger partial charge is 0.342 e. The molecule has 8 heteroatoms. The van der Waals surface area contributed by atoms with Crippen LogP contribution in [0.25, 0.3) is 0 Å². The van der Waals surface area contributed by atoms with Gasteiger partial charge in [-0.15, -0.1) is 0 Å². The van der Waals surface area contributed by atoms with Gasteiger partial charge in [-0.05, 0) is 28.8 Å². The van der Waals surface area contributed by atoms with Gasteiger partial charge in [0.15, 0.2) is 5.75 Å². The fraction of sp³-hybridized carbons (Fsp3) is 0.588. The van der Waals surface area contributed by atoms with Crippen molar-refractivity contribution in [3.63, 3.8) is 0 Å². The standard InChI is InChI=1S/C17H27NO6Si/c1-10(2)25(11(3)4,12(5)6)24-14-9-8-13(17(19)20)15(18(21)22)16(14)23-7/h8-12H,1-7H3,(H,19,20). The number of hydrogen-bond donors (Lipinski definition) is 1. The van der Waals surface area contributed by atoms with Gasteiger partial charge in [0.1, 0.15) is 5.56 Å². The average Bonchev–Trinajstić information content (AvgIpc) is 2.49. The van der Waals surface area contributed by atoms with Gasteiger partial charge >= 0.3 is 11.7 Å². The first-order chi connectivity index (χ1) is 11.5. The van der Waals surface area contributed by atoms with Gasteiger partial charge in [-0.2, -0.15) is 0 Å². The summed E-state index contributed by atoms with van der Waals surface area (Å²) in [6.45, 7) is 12.6. The molecule has 0 aliphatic heterocycles. The van der Waals surface area contributed by atoms with Gasteiger partial charge in [0.05, 0.1) is 12.0 Å². The second-order valence-electron chi connectivity index (χ2n) is 6.98. The zero-order valence-electron chi connectivity index (χ0n) is 15.8. The minimum Gasteiger partial charge on any atom is -0.540 e. The summed E-state index contributed by atoms with van der Waals surface area (Å²) in [6.07, 6.45) is 0. The Morgan fingerprint density at radius 3 is 1.92 bits per heavy atom. The number of nitrogens with zero attached hydrogens (tertiary/aromatic N) is 1. The highest BCUT2D eigenvalue weighted by molar-refractivity contribution is 6.78. The Kier molecular flexibility index (Phi) is 6.59. The second kappa shape index (κ2) is 7.86. The maximum absolute atomic E-state index is 11.4. The molecule has 1 N–H and O–H groups in total. The quantitative estimate of drug-likeness (QED) is 0.399. The van der Waals surface area contributed by atoms with E-state index in [0.29, 0.717) is 0 Å². The molecule has 0 radical (unpaired) electrons. The summed E-state index contributed by atoms with van der Waals surface area (Å²) in [5.41, 5.74) is -0.215. The molecule has 1 aromatic rings. The van der Waals surface area contributed by atoms with Crippen LogP contribution in [-0.2, 0) is 0 Å². The molecule has 0 bridgehead atoms. The van der Waals surface area contributed by atoms with Crippen molar-refractivity contribution in [1.82, 2.24) is 0 Å². The molecule has 1 rings (SSSR count). The number of benzene rings is 1. The van der Waals surface area contributed by atoms with Gasteiger partial charge in [0.2, 0.25) is 5.75 Å². The molecule has 1 aromatic carbocycles. The van der Waals surface area contributed by atoms with E-state index in [4.69, 9.17) is 9.16 Å². The number of nitro groups is 1. The van der Waals surface area contributed by atoms with E-state index in [1.807, 2.05) is 0 Å². The van der Waals surface area contributed by atoms with Crippen molar-refractivity contribution in [2.24, 2.45) is 0 Å². The summed E-state index contributed by atoms with van der Waals surface area (Å²) < 4.78 is 11.7. The number of carbonyl (C=O) groups is 1. The summed E-state index contributed by atoms with van der Waals surface area (Å²) in [6, 6.07) is 2.67. The van der Waals surface area contributed by atoms with E-state index < -0.39 is 30.5 Å². The third-order valence-corrected chi connectivity index (χ3v) is 10.7. The maximum atomic E-state index is 11.4. The van der Waals surface area contributed by atoms with Crippen LogP contribution >= 0.6 is 0 Å². The minimum atomic E-state index is -2.37. The lowest BCUT2D eigenvalue weighted by Gasteiger charge is -2.42. The van der Waals surface area contributed by atoms with Crippen LogP contribution in [0.4, 0.5) is 5.69 Å². The lowest BCUT2D eigenvalue weighted by Crippen LogP contribution is -2.50. The van der Waals surface area contributed by atoms with Crippen molar-refractivity contribution in [2.45, 2.75) is 58.2 Å². The Morgan fingerprint density at radius 2 is 1.60 bits per heavy atom. The number of nitro benzene ring substituents is 1. The van der Waals surface area contributed by atoms with Crippen LogP contribution in [-0.4, -0.2) is 31.4 Å². The Labute approximate surface area is 149 Å². The zero-order valence-corrected chi connectivity index (χ0v) is 16.8. The van der Waals surface area contributed by atoms with Crippen molar-refractivity contribution < 1.29 is 24.0 Å². The normalized spacial score (nSPS) is 11.9. The number of rotatable bonds is 8. The Morgan fingerprint density at radius 1 is 1.12 bits per heavy atom. The fourth-order valence-electron chi connectivity index (χ4n) is 3.73. The summed E-state index contributed by atoms with van der Waals surface area (Å²) in [5.74, 6) is -1.28. The molecule has 0 amide bonds. The van der Waals surface area contributed by atoms with E-state index in [9.17, 15) is 20.0 Å². The minimum absolute atomic E-state index is 0.135. The summed E-state index contributed by atoms with van der Waals surface area (Å²) in [5, 5.41) is 20.7. The molecule has 0 aliphatic carbocycles. The summed E-state index contributed by atoms with van der Waals surface area (Å²) >= 11 is 0. The Hall–Kier alpha value is -2.09.